The summed E-state index contributed by atoms with van der Waals surface area (Å²) in [5.41, 5.74) is 3.10. The average Bonchev–Trinajstić information content (AvgIpc) is 3.40. The van der Waals surface area contributed by atoms with E-state index < -0.39 is 10.0 Å². The third kappa shape index (κ3) is 6.52. The average molecular weight is 581 g/mol. The Morgan fingerprint density at radius 1 is 0.975 bits per heavy atom. The third-order valence-corrected chi connectivity index (χ3v) is 9.82. The quantitative estimate of drug-likeness (QED) is 0.223. The molecule has 0 N–H and O–H groups in total. The van der Waals surface area contributed by atoms with Gasteiger partial charge in [-0.05, 0) is 75.4 Å². The molecule has 10 heteroatoms. The molecular weight excluding hydrogens is 544 g/mol. The minimum Gasteiger partial charge on any atom is -0.494 e. The normalized spacial score (nSPS) is 11.9. The summed E-state index contributed by atoms with van der Waals surface area (Å²) in [7, 11) is 1.86. The summed E-state index contributed by atoms with van der Waals surface area (Å²) in [5.74, 6) is 0.435. The van der Waals surface area contributed by atoms with Crippen molar-refractivity contribution in [1.82, 2.24) is 14.2 Å². The maximum atomic E-state index is 13.8. The summed E-state index contributed by atoms with van der Waals surface area (Å²) in [6.07, 6.45) is 0.752. The van der Waals surface area contributed by atoms with Crippen molar-refractivity contribution < 1.29 is 17.9 Å². The standard InChI is InChI=1S/C30H36N4O4S2/c1-6-33(21-23-11-8-7-9-12-23)40(36,37)25-16-14-24(15-17-25)29(35)34(20-10-19-32(3)4)30-31-27-26(38-5)18-13-22(2)28(27)39-30/h7-9,11-18H,6,10,19-21H2,1-5H3. The number of benzene rings is 3. The van der Waals surface area contributed by atoms with Gasteiger partial charge in [0.05, 0.1) is 16.7 Å². The fourth-order valence-corrected chi connectivity index (χ4v) is 6.95. The van der Waals surface area contributed by atoms with Crippen LogP contribution in [0.3, 0.4) is 0 Å². The number of methoxy groups -OCH3 is 1. The number of carbonyl (C=O) groups is 1. The highest BCUT2D eigenvalue weighted by atomic mass is 32.2. The summed E-state index contributed by atoms with van der Waals surface area (Å²) in [6, 6.07) is 19.6. The van der Waals surface area contributed by atoms with Gasteiger partial charge in [-0.1, -0.05) is 54.7 Å². The summed E-state index contributed by atoms with van der Waals surface area (Å²) in [4.78, 5) is 22.5. The molecule has 0 spiro atoms. The van der Waals surface area contributed by atoms with Crippen LogP contribution in [0.2, 0.25) is 0 Å². The highest BCUT2D eigenvalue weighted by molar-refractivity contribution is 7.89. The minimum atomic E-state index is -3.74. The zero-order chi connectivity index (χ0) is 28.9. The van der Waals surface area contributed by atoms with E-state index in [1.54, 1.807) is 24.1 Å². The first-order valence-corrected chi connectivity index (χ1v) is 15.5. The number of hydrogen-bond acceptors (Lipinski definition) is 7. The van der Waals surface area contributed by atoms with Crippen molar-refractivity contribution in [2.45, 2.75) is 31.7 Å². The predicted molar refractivity (Wildman–Crippen MR) is 162 cm³/mol. The maximum absolute atomic E-state index is 13.8. The Kier molecular flexibility index (Phi) is 9.57. The molecule has 1 amide bonds. The molecular formula is C30H36N4O4S2. The largest absolute Gasteiger partial charge is 0.494 e. The number of fused-ring (bicyclic) bond motifs is 1. The number of carbonyl (C=O) groups excluding carboxylic acids is 1. The van der Waals surface area contributed by atoms with Crippen molar-refractivity contribution in [2.75, 3.05) is 45.7 Å². The number of hydrogen-bond donors (Lipinski definition) is 0. The smallest absolute Gasteiger partial charge is 0.260 e. The van der Waals surface area contributed by atoms with Crippen LogP contribution in [0, 0.1) is 6.92 Å². The molecule has 0 atom stereocenters. The lowest BCUT2D eigenvalue weighted by atomic mass is 10.2. The summed E-state index contributed by atoms with van der Waals surface area (Å²) >= 11 is 1.46. The zero-order valence-corrected chi connectivity index (χ0v) is 25.3. The van der Waals surface area contributed by atoms with Crippen LogP contribution in [-0.4, -0.2) is 69.4 Å². The number of aromatic nitrogens is 1. The van der Waals surface area contributed by atoms with Crippen LogP contribution in [0.4, 0.5) is 5.13 Å². The Labute approximate surface area is 240 Å². The van der Waals surface area contributed by atoms with E-state index >= 15 is 0 Å². The fraction of sp³-hybridized carbons (Fsp3) is 0.333. The first-order chi connectivity index (χ1) is 19.1. The van der Waals surface area contributed by atoms with E-state index in [-0.39, 0.29) is 17.3 Å². The van der Waals surface area contributed by atoms with E-state index in [9.17, 15) is 13.2 Å². The van der Waals surface area contributed by atoms with E-state index in [2.05, 4.69) is 4.90 Å². The second-order valence-electron chi connectivity index (χ2n) is 9.81. The molecule has 8 nitrogen and oxygen atoms in total. The maximum Gasteiger partial charge on any atom is 0.260 e. The van der Waals surface area contributed by atoms with Crippen molar-refractivity contribution >= 4 is 42.6 Å². The van der Waals surface area contributed by atoms with E-state index in [4.69, 9.17) is 9.72 Å². The summed E-state index contributed by atoms with van der Waals surface area (Å²) in [5, 5.41) is 0.586. The Hall–Kier alpha value is -3.31. The second kappa shape index (κ2) is 12.9. The van der Waals surface area contributed by atoms with Gasteiger partial charge in [-0.25, -0.2) is 13.4 Å². The SMILES string of the molecule is CCN(Cc1ccccc1)S(=O)(=O)c1ccc(C(=O)N(CCCN(C)C)c2nc3c(OC)ccc(C)c3s2)cc1. The van der Waals surface area contributed by atoms with Crippen LogP contribution in [0.5, 0.6) is 5.75 Å². The molecule has 40 heavy (non-hydrogen) atoms. The lowest BCUT2D eigenvalue weighted by Gasteiger charge is -2.22. The molecule has 4 rings (SSSR count). The molecule has 0 fully saturated rings. The lowest BCUT2D eigenvalue weighted by molar-refractivity contribution is 0.0986. The lowest BCUT2D eigenvalue weighted by Crippen LogP contribution is -2.33. The van der Waals surface area contributed by atoms with Gasteiger partial charge < -0.3 is 9.64 Å². The first-order valence-electron chi connectivity index (χ1n) is 13.2. The number of nitrogens with zero attached hydrogens (tertiary/aromatic N) is 4. The number of anilines is 1. The minimum absolute atomic E-state index is 0.154. The number of amides is 1. The van der Waals surface area contributed by atoms with Crippen LogP contribution in [0.15, 0.2) is 71.6 Å². The molecule has 1 aromatic heterocycles. The van der Waals surface area contributed by atoms with Gasteiger partial charge in [0.15, 0.2) is 5.13 Å². The third-order valence-electron chi connectivity index (χ3n) is 6.67. The Morgan fingerprint density at radius 2 is 1.68 bits per heavy atom. The predicted octanol–water partition coefficient (Wildman–Crippen LogP) is 5.42. The van der Waals surface area contributed by atoms with E-state index in [1.165, 1.54) is 27.8 Å². The monoisotopic (exact) mass is 580 g/mol. The van der Waals surface area contributed by atoms with Crippen molar-refractivity contribution in [3.05, 3.63) is 83.4 Å². The number of ether oxygens (including phenoxy) is 1. The molecule has 0 radical (unpaired) electrons. The van der Waals surface area contributed by atoms with Crippen molar-refractivity contribution in [2.24, 2.45) is 0 Å². The van der Waals surface area contributed by atoms with Gasteiger partial charge in [0, 0.05) is 25.2 Å². The van der Waals surface area contributed by atoms with Crippen LogP contribution in [-0.2, 0) is 16.6 Å². The van der Waals surface area contributed by atoms with E-state index in [1.807, 2.05) is 70.4 Å². The van der Waals surface area contributed by atoms with Crippen molar-refractivity contribution in [1.29, 1.82) is 0 Å². The molecule has 0 aliphatic heterocycles. The highest BCUT2D eigenvalue weighted by Gasteiger charge is 2.26. The fourth-order valence-electron chi connectivity index (χ4n) is 4.44. The van der Waals surface area contributed by atoms with E-state index in [0.29, 0.717) is 29.5 Å². The van der Waals surface area contributed by atoms with Gasteiger partial charge in [-0.15, -0.1) is 0 Å². The second-order valence-corrected chi connectivity index (χ2v) is 12.7. The van der Waals surface area contributed by atoms with Gasteiger partial charge in [0.1, 0.15) is 11.3 Å². The topological polar surface area (TPSA) is 83.1 Å². The Morgan fingerprint density at radius 3 is 2.30 bits per heavy atom. The van der Waals surface area contributed by atoms with Gasteiger partial charge in [0.2, 0.25) is 10.0 Å². The molecule has 1 heterocycles. The van der Waals surface area contributed by atoms with Gasteiger partial charge >= 0.3 is 0 Å². The molecule has 0 unspecified atom stereocenters. The van der Waals surface area contributed by atoms with Crippen LogP contribution < -0.4 is 9.64 Å². The molecule has 0 saturated carbocycles. The molecule has 212 valence electrons. The van der Waals surface area contributed by atoms with Gasteiger partial charge in [0.25, 0.3) is 5.91 Å². The van der Waals surface area contributed by atoms with Gasteiger partial charge in [-0.2, -0.15) is 4.31 Å². The molecule has 0 aliphatic rings. The first kappa shape index (κ1) is 29.7. The van der Waals surface area contributed by atoms with E-state index in [0.717, 1.165) is 34.3 Å². The van der Waals surface area contributed by atoms with Crippen LogP contribution in [0.1, 0.15) is 34.8 Å². The number of sulfonamides is 1. The molecule has 0 bridgehead atoms. The Balaban J connectivity index is 1.63. The number of aryl methyl sites for hydroxylation is 1. The number of thiazole rings is 1. The summed E-state index contributed by atoms with van der Waals surface area (Å²) in [6.45, 7) is 5.72. The molecule has 0 aliphatic carbocycles. The number of rotatable bonds is 12. The van der Waals surface area contributed by atoms with Crippen molar-refractivity contribution in [3.63, 3.8) is 0 Å². The molecule has 0 saturated heterocycles. The highest BCUT2D eigenvalue weighted by Crippen LogP contribution is 2.37. The van der Waals surface area contributed by atoms with Crippen LogP contribution in [0.25, 0.3) is 10.2 Å². The van der Waals surface area contributed by atoms with Crippen molar-refractivity contribution in [3.8, 4) is 5.75 Å². The zero-order valence-electron chi connectivity index (χ0n) is 23.6. The molecule has 4 aromatic rings. The van der Waals surface area contributed by atoms with Gasteiger partial charge in [-0.3, -0.25) is 9.69 Å². The summed E-state index contributed by atoms with van der Waals surface area (Å²) < 4.78 is 34.7. The molecule has 3 aromatic carbocycles. The Bertz CT molecular complexity index is 1550. The van der Waals surface area contributed by atoms with Crippen LogP contribution >= 0.6 is 11.3 Å².